The molecule has 0 spiro atoms. The van der Waals surface area contributed by atoms with Gasteiger partial charge in [-0.1, -0.05) is 0 Å². The largest absolute Gasteiger partial charge is 0.459 e. The van der Waals surface area contributed by atoms with Crippen LogP contribution in [-0.2, 0) is 14.3 Å². The van der Waals surface area contributed by atoms with E-state index in [-0.39, 0.29) is 11.8 Å². The fourth-order valence-corrected chi connectivity index (χ4v) is 1.27. The molecule has 3 nitrogen and oxygen atoms in total. The lowest BCUT2D eigenvalue weighted by molar-refractivity contribution is -0.149. The minimum atomic E-state index is -0.523. The summed E-state index contributed by atoms with van der Waals surface area (Å²) >= 11 is 0. The van der Waals surface area contributed by atoms with Gasteiger partial charge in [-0.3, -0.25) is 9.59 Å². The number of hydrogen-bond acceptors (Lipinski definition) is 3. The van der Waals surface area contributed by atoms with Crippen LogP contribution >= 0.6 is 0 Å². The molecule has 1 fully saturated rings. The first-order valence-corrected chi connectivity index (χ1v) is 3.66. The maximum atomic E-state index is 11.0. The predicted molar refractivity (Wildman–Crippen MR) is 39.0 cm³/mol. The molecule has 1 saturated heterocycles. The number of hydrogen-bond donors (Lipinski definition) is 0. The minimum absolute atomic E-state index is 0.0967. The second kappa shape index (κ2) is 2.32. The number of cyclic esters (lactones) is 1. The third-order valence-electron chi connectivity index (χ3n) is 1.85. The summed E-state index contributed by atoms with van der Waals surface area (Å²) in [6, 6.07) is 0. The predicted octanol–water partition coefficient (Wildman–Crippen LogP) is 0.917. The van der Waals surface area contributed by atoms with Crippen LogP contribution in [0.4, 0.5) is 0 Å². The van der Waals surface area contributed by atoms with Gasteiger partial charge < -0.3 is 4.74 Å². The van der Waals surface area contributed by atoms with Gasteiger partial charge in [-0.05, 0) is 20.8 Å². The van der Waals surface area contributed by atoms with Crippen molar-refractivity contribution in [3.8, 4) is 0 Å². The van der Waals surface area contributed by atoms with E-state index in [1.807, 2.05) is 13.8 Å². The molecule has 0 radical (unpaired) electrons. The summed E-state index contributed by atoms with van der Waals surface area (Å²) in [5, 5.41) is 0. The number of ether oxygens (including phenoxy) is 1. The topological polar surface area (TPSA) is 43.4 Å². The molecule has 1 unspecified atom stereocenters. The first-order valence-electron chi connectivity index (χ1n) is 3.66. The molecular formula is C8H12O3. The molecule has 0 amide bonds. The summed E-state index contributed by atoms with van der Waals surface area (Å²) in [6.45, 7) is 5.05. The smallest absolute Gasteiger partial charge is 0.317 e. The van der Waals surface area contributed by atoms with Gasteiger partial charge >= 0.3 is 5.97 Å². The van der Waals surface area contributed by atoms with Crippen LogP contribution in [0.2, 0.25) is 0 Å². The molecule has 0 aromatic rings. The van der Waals surface area contributed by atoms with E-state index < -0.39 is 11.5 Å². The molecule has 0 N–H and O–H groups in total. The average Bonchev–Trinajstić information content (AvgIpc) is 2.05. The van der Waals surface area contributed by atoms with Gasteiger partial charge in [-0.2, -0.15) is 0 Å². The Labute approximate surface area is 65.7 Å². The van der Waals surface area contributed by atoms with Crippen molar-refractivity contribution in [3.05, 3.63) is 0 Å². The van der Waals surface area contributed by atoms with Crippen LogP contribution < -0.4 is 0 Å². The average molecular weight is 156 g/mol. The molecule has 11 heavy (non-hydrogen) atoms. The number of carbonyl (C=O) groups is 2. The SMILES string of the molecule is CC(=O)C1CC(C)(C)OC1=O. The zero-order valence-corrected chi connectivity index (χ0v) is 7.01. The molecule has 62 valence electrons. The van der Waals surface area contributed by atoms with E-state index in [0.717, 1.165) is 0 Å². The molecule has 0 bridgehead atoms. The monoisotopic (exact) mass is 156 g/mol. The molecule has 1 heterocycles. The Morgan fingerprint density at radius 3 is 2.36 bits per heavy atom. The third-order valence-corrected chi connectivity index (χ3v) is 1.85. The van der Waals surface area contributed by atoms with E-state index in [4.69, 9.17) is 4.74 Å². The van der Waals surface area contributed by atoms with Crippen LogP contribution in [0.15, 0.2) is 0 Å². The molecule has 0 aromatic heterocycles. The molecule has 0 aliphatic carbocycles. The van der Waals surface area contributed by atoms with Gasteiger partial charge in [0.25, 0.3) is 0 Å². The van der Waals surface area contributed by atoms with Gasteiger partial charge in [0.05, 0.1) is 0 Å². The number of carbonyl (C=O) groups excluding carboxylic acids is 2. The van der Waals surface area contributed by atoms with Crippen LogP contribution in [-0.4, -0.2) is 17.4 Å². The number of esters is 1. The van der Waals surface area contributed by atoms with Crippen molar-refractivity contribution in [3.63, 3.8) is 0 Å². The first kappa shape index (κ1) is 8.24. The number of ketones is 1. The third kappa shape index (κ3) is 1.59. The fraction of sp³-hybridized carbons (Fsp3) is 0.750. The van der Waals surface area contributed by atoms with E-state index in [1.54, 1.807) is 0 Å². The van der Waals surface area contributed by atoms with Crippen LogP contribution in [0.1, 0.15) is 27.2 Å². The molecule has 0 saturated carbocycles. The highest BCUT2D eigenvalue weighted by atomic mass is 16.6. The van der Waals surface area contributed by atoms with Crippen LogP contribution in [0.3, 0.4) is 0 Å². The zero-order chi connectivity index (χ0) is 8.65. The Morgan fingerprint density at radius 2 is 2.18 bits per heavy atom. The van der Waals surface area contributed by atoms with Gasteiger partial charge in [-0.25, -0.2) is 0 Å². The second-order valence-electron chi connectivity index (χ2n) is 3.55. The van der Waals surface area contributed by atoms with E-state index >= 15 is 0 Å². The van der Waals surface area contributed by atoms with Crippen molar-refractivity contribution in [1.82, 2.24) is 0 Å². The Kier molecular flexibility index (Phi) is 1.74. The maximum absolute atomic E-state index is 11.0. The second-order valence-corrected chi connectivity index (χ2v) is 3.55. The Bertz CT molecular complexity index is 205. The highest BCUT2D eigenvalue weighted by Crippen LogP contribution is 2.30. The molecule has 0 aromatic carbocycles. The minimum Gasteiger partial charge on any atom is -0.459 e. The molecule has 3 heteroatoms. The molecule has 1 rings (SSSR count). The Balaban J connectivity index is 2.74. The lowest BCUT2D eigenvalue weighted by atomic mass is 9.95. The fourth-order valence-electron chi connectivity index (χ4n) is 1.27. The van der Waals surface area contributed by atoms with Gasteiger partial charge in [-0.15, -0.1) is 0 Å². The van der Waals surface area contributed by atoms with E-state index in [0.29, 0.717) is 6.42 Å². The Hall–Kier alpha value is -0.860. The van der Waals surface area contributed by atoms with Crippen LogP contribution in [0.25, 0.3) is 0 Å². The summed E-state index contributed by atoms with van der Waals surface area (Å²) in [7, 11) is 0. The van der Waals surface area contributed by atoms with Crippen molar-refractivity contribution >= 4 is 11.8 Å². The summed E-state index contributed by atoms with van der Waals surface area (Å²) < 4.78 is 4.96. The highest BCUT2D eigenvalue weighted by Gasteiger charge is 2.42. The molecule has 1 atom stereocenters. The van der Waals surface area contributed by atoms with E-state index in [2.05, 4.69) is 0 Å². The van der Waals surface area contributed by atoms with E-state index in [1.165, 1.54) is 6.92 Å². The summed E-state index contributed by atoms with van der Waals surface area (Å²) in [5.41, 5.74) is -0.451. The molecule has 1 aliphatic heterocycles. The van der Waals surface area contributed by atoms with Gasteiger partial charge in [0.1, 0.15) is 17.3 Å². The lowest BCUT2D eigenvalue weighted by Crippen LogP contribution is -2.17. The van der Waals surface area contributed by atoms with Crippen molar-refractivity contribution in [1.29, 1.82) is 0 Å². The zero-order valence-electron chi connectivity index (χ0n) is 7.01. The quantitative estimate of drug-likeness (QED) is 0.418. The van der Waals surface area contributed by atoms with Gasteiger partial charge in [0.2, 0.25) is 0 Å². The summed E-state index contributed by atoms with van der Waals surface area (Å²) in [5.74, 6) is -0.993. The van der Waals surface area contributed by atoms with Crippen molar-refractivity contribution in [2.24, 2.45) is 5.92 Å². The van der Waals surface area contributed by atoms with Crippen molar-refractivity contribution in [2.75, 3.05) is 0 Å². The molecule has 1 aliphatic rings. The van der Waals surface area contributed by atoms with Crippen molar-refractivity contribution in [2.45, 2.75) is 32.8 Å². The number of rotatable bonds is 1. The van der Waals surface area contributed by atoms with Gasteiger partial charge in [0.15, 0.2) is 0 Å². The van der Waals surface area contributed by atoms with Crippen LogP contribution in [0.5, 0.6) is 0 Å². The lowest BCUT2D eigenvalue weighted by Gasteiger charge is -2.14. The van der Waals surface area contributed by atoms with Crippen molar-refractivity contribution < 1.29 is 14.3 Å². The normalized spacial score (nSPS) is 28.3. The molecular weight excluding hydrogens is 144 g/mol. The van der Waals surface area contributed by atoms with Crippen LogP contribution in [0, 0.1) is 5.92 Å². The maximum Gasteiger partial charge on any atom is 0.317 e. The standard InChI is InChI=1S/C8H12O3/c1-5(9)6-4-8(2,3)11-7(6)10/h6H,4H2,1-3H3. The number of Topliss-reactive ketones (excluding diaryl/α,β-unsaturated/α-hetero) is 1. The first-order chi connectivity index (χ1) is 4.92. The summed E-state index contributed by atoms with van der Waals surface area (Å²) in [4.78, 5) is 21.8. The van der Waals surface area contributed by atoms with Gasteiger partial charge in [0, 0.05) is 6.42 Å². The highest BCUT2D eigenvalue weighted by molar-refractivity contribution is 5.99. The van der Waals surface area contributed by atoms with E-state index in [9.17, 15) is 9.59 Å². The summed E-state index contributed by atoms with van der Waals surface area (Å²) in [6.07, 6.45) is 0.515. The Morgan fingerprint density at radius 1 is 1.64 bits per heavy atom.